The summed E-state index contributed by atoms with van der Waals surface area (Å²) in [6.45, 7) is 4.94. The zero-order valence-electron chi connectivity index (χ0n) is 31.8. The molecule has 0 radical (unpaired) electrons. The number of aliphatic hydroxyl groups is 1. The minimum absolute atomic E-state index is 0.0118. The average Bonchev–Trinajstić information content (AvgIpc) is 3.15. The second-order valence-corrected chi connectivity index (χ2v) is 13.1. The van der Waals surface area contributed by atoms with Crippen molar-refractivity contribution in [1.29, 1.82) is 0 Å². The van der Waals surface area contributed by atoms with Crippen LogP contribution < -0.4 is 13.1 Å². The van der Waals surface area contributed by atoms with E-state index in [4.69, 9.17) is 56.5 Å². The van der Waals surface area contributed by atoms with E-state index in [1.807, 2.05) is 0 Å². The number of ether oxygens (including phenoxy) is 9. The van der Waals surface area contributed by atoms with Crippen molar-refractivity contribution in [1.82, 2.24) is 0 Å². The highest BCUT2D eigenvalue weighted by Crippen LogP contribution is 2.35. The smallest absolute Gasteiger partial charge is 0.388 e. The summed E-state index contributed by atoms with van der Waals surface area (Å²) < 4.78 is 79.9. The third-order valence-electron chi connectivity index (χ3n) is 7.17. The number of benzene rings is 2. The number of rotatable bonds is 24. The number of carbonyl (C=O) groups is 4. The first-order valence-electron chi connectivity index (χ1n) is 17.5. The van der Waals surface area contributed by atoms with Gasteiger partial charge in [-0.3, -0.25) is 19.2 Å². The molecule has 21 nitrogen and oxygen atoms in total. The molecule has 0 amide bonds. The van der Waals surface area contributed by atoms with Gasteiger partial charge in [-0.25, -0.2) is 0 Å². The summed E-state index contributed by atoms with van der Waals surface area (Å²) >= 11 is 0. The number of carbonyl (C=O) groups excluding carboxylic acids is 4. The van der Waals surface area contributed by atoms with E-state index in [0.717, 1.165) is 27.7 Å². The van der Waals surface area contributed by atoms with Crippen LogP contribution in [0.3, 0.4) is 0 Å². The minimum atomic E-state index is -4.09. The molecule has 1 fully saturated rings. The molecule has 2 aromatic carbocycles. The topological polar surface area (TPSA) is 268 Å². The van der Waals surface area contributed by atoms with Gasteiger partial charge in [0.1, 0.15) is 18.5 Å². The van der Waals surface area contributed by atoms with Crippen molar-refractivity contribution >= 4 is 34.2 Å². The van der Waals surface area contributed by atoms with E-state index in [9.17, 15) is 28.5 Å². The van der Waals surface area contributed by atoms with Gasteiger partial charge in [-0.1, -0.05) is 29.4 Å². The van der Waals surface area contributed by atoms with Crippen molar-refractivity contribution in [3.63, 3.8) is 0 Å². The molecule has 3 rings (SSSR count). The highest BCUT2D eigenvalue weighted by atomic mass is 32.2. The summed E-state index contributed by atoms with van der Waals surface area (Å²) in [6, 6.07) is 11.8. The van der Waals surface area contributed by atoms with Gasteiger partial charge in [0, 0.05) is 39.2 Å². The van der Waals surface area contributed by atoms with Crippen molar-refractivity contribution in [3.05, 3.63) is 64.5 Å². The molecule has 2 aromatic rings. The van der Waals surface area contributed by atoms with Crippen LogP contribution in [-0.4, -0.2) is 123 Å². The predicted octanol–water partition coefficient (Wildman–Crippen LogP) is 2.76. The molecule has 1 heterocycles. The molecule has 0 aliphatic carbocycles. The van der Waals surface area contributed by atoms with Crippen LogP contribution in [0.4, 0.5) is 0 Å². The highest BCUT2D eigenvalue weighted by Gasteiger charge is 2.53. The molecule has 1 aliphatic rings. The van der Waals surface area contributed by atoms with E-state index >= 15 is 0 Å². The zero-order valence-corrected chi connectivity index (χ0v) is 32.6. The lowest BCUT2D eigenvalue weighted by molar-refractivity contribution is -0.288. The Labute approximate surface area is 328 Å². The van der Waals surface area contributed by atoms with E-state index < -0.39 is 71.5 Å². The Bertz CT molecular complexity index is 1780. The number of hydrogen-bond acceptors (Lipinski definition) is 19. The second-order valence-electron chi connectivity index (χ2n) is 11.7. The van der Waals surface area contributed by atoms with E-state index in [1.54, 1.807) is 12.1 Å². The SMILES string of the molecule is CC(=O)OCC1O[C@@H](Oc2ccccc2OS(=O)(=NCCOCCOCCOCCN=[N+]=[N-])Oc2ccc(CO)cc2)[C@H](OC(C)=O)[C@@H](OC(C)=O)[C@H]1OC(C)=O. The van der Waals surface area contributed by atoms with Crippen LogP contribution in [0.25, 0.3) is 10.4 Å². The van der Waals surface area contributed by atoms with Crippen LogP contribution in [0.5, 0.6) is 17.2 Å². The van der Waals surface area contributed by atoms with Crippen LogP contribution in [0.1, 0.15) is 33.3 Å². The summed E-state index contributed by atoms with van der Waals surface area (Å²) in [6.07, 6.45) is -7.43. The lowest BCUT2D eigenvalue weighted by Crippen LogP contribution is -2.63. The summed E-state index contributed by atoms with van der Waals surface area (Å²) in [7, 11) is -4.09. The predicted molar refractivity (Wildman–Crippen MR) is 195 cm³/mol. The number of aliphatic hydroxyl groups excluding tert-OH is 1. The fraction of sp³-hybridized carbons (Fsp3) is 0.543. The molecule has 0 aromatic heterocycles. The Morgan fingerprint density at radius 1 is 0.737 bits per heavy atom. The van der Waals surface area contributed by atoms with Gasteiger partial charge >= 0.3 is 34.2 Å². The van der Waals surface area contributed by atoms with Gasteiger partial charge in [0.05, 0.1) is 52.8 Å². The summed E-state index contributed by atoms with van der Waals surface area (Å²) in [5.74, 6) is -3.45. The molecule has 0 bridgehead atoms. The Morgan fingerprint density at radius 3 is 1.88 bits per heavy atom. The average molecular weight is 827 g/mol. The molecule has 2 unspecified atom stereocenters. The first kappa shape index (κ1) is 46.2. The normalized spacial score (nSPS) is 19.8. The molecule has 1 N–H and O–H groups in total. The van der Waals surface area contributed by atoms with Gasteiger partial charge in [0.2, 0.25) is 12.4 Å². The Kier molecular flexibility index (Phi) is 19.8. The summed E-state index contributed by atoms with van der Waals surface area (Å²) in [4.78, 5) is 51.0. The van der Waals surface area contributed by atoms with Crippen LogP contribution in [0.2, 0.25) is 0 Å². The van der Waals surface area contributed by atoms with Gasteiger partial charge < -0.3 is 56.1 Å². The van der Waals surface area contributed by atoms with E-state index in [2.05, 4.69) is 14.4 Å². The molecule has 0 saturated carbocycles. The van der Waals surface area contributed by atoms with Gasteiger partial charge in [0.15, 0.2) is 23.7 Å². The zero-order chi connectivity index (χ0) is 41.6. The quantitative estimate of drug-likeness (QED) is 0.0398. The molecule has 57 heavy (non-hydrogen) atoms. The summed E-state index contributed by atoms with van der Waals surface area (Å²) in [5.41, 5.74) is 8.83. The first-order chi connectivity index (χ1) is 27.3. The van der Waals surface area contributed by atoms with Gasteiger partial charge in [-0.05, 0) is 35.4 Å². The third kappa shape index (κ3) is 16.8. The molecule has 6 atom stereocenters. The maximum Gasteiger partial charge on any atom is 0.388 e. The third-order valence-corrected chi connectivity index (χ3v) is 8.46. The Balaban J connectivity index is 1.86. The van der Waals surface area contributed by atoms with Crippen LogP contribution in [0.15, 0.2) is 58.0 Å². The molecule has 22 heteroatoms. The largest absolute Gasteiger partial charge is 0.463 e. The van der Waals surface area contributed by atoms with Crippen molar-refractivity contribution in [2.45, 2.75) is 65.0 Å². The van der Waals surface area contributed by atoms with Gasteiger partial charge in [-0.15, -0.1) is 0 Å². The number of para-hydroxylation sites is 2. The Hall–Kier alpha value is -5.22. The van der Waals surface area contributed by atoms with Crippen molar-refractivity contribution < 1.29 is 79.5 Å². The van der Waals surface area contributed by atoms with Crippen molar-refractivity contribution in [2.75, 3.05) is 59.3 Å². The Morgan fingerprint density at radius 2 is 1.30 bits per heavy atom. The minimum Gasteiger partial charge on any atom is -0.463 e. The van der Waals surface area contributed by atoms with Crippen LogP contribution in [0, 0.1) is 0 Å². The highest BCUT2D eigenvalue weighted by molar-refractivity contribution is 7.85. The lowest BCUT2D eigenvalue weighted by atomic mass is 9.98. The molecule has 1 saturated heterocycles. The van der Waals surface area contributed by atoms with E-state index in [-0.39, 0.29) is 70.0 Å². The maximum absolute atomic E-state index is 14.3. The van der Waals surface area contributed by atoms with Crippen LogP contribution in [-0.2, 0) is 74.0 Å². The number of azide groups is 1. The monoisotopic (exact) mass is 826 g/mol. The maximum atomic E-state index is 14.3. The fourth-order valence-corrected chi connectivity index (χ4v) is 6.04. The van der Waals surface area contributed by atoms with Crippen LogP contribution >= 0.6 is 0 Å². The van der Waals surface area contributed by atoms with Crippen molar-refractivity contribution in [3.8, 4) is 17.2 Å². The number of nitrogens with zero attached hydrogens (tertiary/aromatic N) is 4. The van der Waals surface area contributed by atoms with Crippen molar-refractivity contribution in [2.24, 2.45) is 9.48 Å². The number of hydrogen-bond donors (Lipinski definition) is 1. The molecular formula is C35H46N4O17S. The molecule has 314 valence electrons. The second kappa shape index (κ2) is 24.4. The number of esters is 4. The lowest BCUT2D eigenvalue weighted by Gasteiger charge is -2.43. The van der Waals surface area contributed by atoms with E-state index in [1.165, 1.54) is 36.4 Å². The first-order valence-corrected chi connectivity index (χ1v) is 18.8. The fourth-order valence-electron chi connectivity index (χ4n) is 4.89. The van der Waals surface area contributed by atoms with Gasteiger partial charge in [-0.2, -0.15) is 8.57 Å². The summed E-state index contributed by atoms with van der Waals surface area (Å²) in [5, 5.41) is 12.8. The van der Waals surface area contributed by atoms with Gasteiger partial charge in [0.25, 0.3) is 0 Å². The van der Waals surface area contributed by atoms with E-state index in [0.29, 0.717) is 12.2 Å². The molecular weight excluding hydrogens is 780 g/mol. The molecule has 1 aliphatic heterocycles. The standard InChI is InChI=1S/C35H46N4O17S/c1-23(41)49-22-31-32(50-24(2)42)33(51-25(3)43)34(52-26(4)44)35(54-31)53-29-7-5-6-8-30(29)56-57(45,55-28-11-9-27(21-40)10-12-28)38-14-16-47-18-20-48-19-17-46-15-13-37-39-36/h5-12,31-35,40H,13-22H2,1-4H3/t31?,32-,33-,34+,35+,57?/m0/s1. The molecule has 0 spiro atoms.